The van der Waals surface area contributed by atoms with Crippen molar-refractivity contribution in [2.24, 2.45) is 0 Å². The zero-order valence-corrected chi connectivity index (χ0v) is 7.47. The van der Waals surface area contributed by atoms with Crippen molar-refractivity contribution in [1.82, 2.24) is 0 Å². The first kappa shape index (κ1) is 11.1. The van der Waals surface area contributed by atoms with Crippen LogP contribution in [0.1, 0.15) is 5.56 Å². The highest BCUT2D eigenvalue weighted by molar-refractivity contribution is 5.50. The van der Waals surface area contributed by atoms with E-state index in [1.165, 1.54) is 24.3 Å². The van der Waals surface area contributed by atoms with Gasteiger partial charge in [-0.05, 0) is 17.7 Å². The SMILES string of the molecule is O=[N+]([O-])/C=C/c1cccc(OC(F)F)c1. The molecule has 4 nitrogen and oxygen atoms in total. The third-order valence-electron chi connectivity index (χ3n) is 1.47. The van der Waals surface area contributed by atoms with E-state index in [1.54, 1.807) is 6.07 Å². The second-order valence-corrected chi connectivity index (χ2v) is 2.55. The van der Waals surface area contributed by atoms with Gasteiger partial charge in [-0.2, -0.15) is 8.78 Å². The van der Waals surface area contributed by atoms with E-state index in [4.69, 9.17) is 0 Å². The van der Waals surface area contributed by atoms with E-state index in [9.17, 15) is 18.9 Å². The van der Waals surface area contributed by atoms with Crippen molar-refractivity contribution in [1.29, 1.82) is 0 Å². The van der Waals surface area contributed by atoms with E-state index in [2.05, 4.69) is 4.74 Å². The maximum atomic E-state index is 11.8. The van der Waals surface area contributed by atoms with Gasteiger partial charge in [0.2, 0.25) is 6.20 Å². The molecule has 0 aliphatic rings. The van der Waals surface area contributed by atoms with Crippen LogP contribution in [-0.4, -0.2) is 11.5 Å². The number of alkyl halides is 2. The Labute approximate surface area is 83.9 Å². The molecular weight excluding hydrogens is 208 g/mol. The second-order valence-electron chi connectivity index (χ2n) is 2.55. The van der Waals surface area contributed by atoms with Crippen LogP contribution in [0.5, 0.6) is 5.75 Å². The van der Waals surface area contributed by atoms with Gasteiger partial charge in [0, 0.05) is 6.08 Å². The molecule has 0 saturated heterocycles. The van der Waals surface area contributed by atoms with Crippen LogP contribution >= 0.6 is 0 Å². The van der Waals surface area contributed by atoms with E-state index < -0.39 is 11.5 Å². The van der Waals surface area contributed by atoms with Crippen molar-refractivity contribution in [3.8, 4) is 5.75 Å². The normalized spacial score (nSPS) is 10.9. The molecule has 0 amide bonds. The van der Waals surface area contributed by atoms with Gasteiger partial charge in [-0.3, -0.25) is 10.1 Å². The van der Waals surface area contributed by atoms with Gasteiger partial charge in [0.25, 0.3) is 0 Å². The molecule has 0 spiro atoms. The summed E-state index contributed by atoms with van der Waals surface area (Å²) in [5.41, 5.74) is 0.421. The summed E-state index contributed by atoms with van der Waals surface area (Å²) in [7, 11) is 0. The summed E-state index contributed by atoms with van der Waals surface area (Å²) in [6, 6.07) is 5.64. The Hall–Kier alpha value is -1.98. The summed E-state index contributed by atoms with van der Waals surface area (Å²) in [5.74, 6) is -0.0319. The molecular formula is C9H7F2NO3. The average molecular weight is 215 g/mol. The van der Waals surface area contributed by atoms with Crippen LogP contribution in [0.25, 0.3) is 6.08 Å². The molecule has 15 heavy (non-hydrogen) atoms. The predicted molar refractivity (Wildman–Crippen MR) is 49.1 cm³/mol. The van der Waals surface area contributed by atoms with Crippen LogP contribution in [0.15, 0.2) is 30.5 Å². The van der Waals surface area contributed by atoms with Crippen LogP contribution in [0.3, 0.4) is 0 Å². The summed E-state index contributed by atoms with van der Waals surface area (Å²) < 4.78 is 27.8. The molecule has 0 radical (unpaired) electrons. The first-order valence-corrected chi connectivity index (χ1v) is 3.94. The summed E-state index contributed by atoms with van der Waals surface area (Å²) in [5, 5.41) is 10.0. The van der Waals surface area contributed by atoms with Gasteiger partial charge in [0.05, 0.1) is 4.92 Å². The number of hydrogen-bond donors (Lipinski definition) is 0. The van der Waals surface area contributed by atoms with Gasteiger partial charge in [-0.25, -0.2) is 0 Å². The summed E-state index contributed by atoms with van der Waals surface area (Å²) in [6.07, 6.45) is 1.92. The zero-order valence-electron chi connectivity index (χ0n) is 7.47. The van der Waals surface area contributed by atoms with Crippen LogP contribution in [0, 0.1) is 10.1 Å². The van der Waals surface area contributed by atoms with E-state index >= 15 is 0 Å². The quantitative estimate of drug-likeness (QED) is 0.572. The Morgan fingerprint density at radius 2 is 2.20 bits per heavy atom. The van der Waals surface area contributed by atoms with Crippen LogP contribution in [0.2, 0.25) is 0 Å². The lowest BCUT2D eigenvalue weighted by atomic mass is 10.2. The summed E-state index contributed by atoms with van der Waals surface area (Å²) >= 11 is 0. The lowest BCUT2D eigenvalue weighted by molar-refractivity contribution is -0.400. The fourth-order valence-corrected chi connectivity index (χ4v) is 0.941. The average Bonchev–Trinajstić information content (AvgIpc) is 2.14. The van der Waals surface area contributed by atoms with Gasteiger partial charge in [-0.1, -0.05) is 12.1 Å². The van der Waals surface area contributed by atoms with E-state index in [0.717, 1.165) is 6.20 Å². The predicted octanol–water partition coefficient (Wildman–Crippen LogP) is 2.54. The van der Waals surface area contributed by atoms with Gasteiger partial charge in [-0.15, -0.1) is 0 Å². The second kappa shape index (κ2) is 5.04. The minimum Gasteiger partial charge on any atom is -0.435 e. The number of rotatable bonds is 4. The van der Waals surface area contributed by atoms with Crippen molar-refractivity contribution in [2.75, 3.05) is 0 Å². The Morgan fingerprint density at radius 1 is 1.47 bits per heavy atom. The van der Waals surface area contributed by atoms with Crippen LogP contribution in [-0.2, 0) is 0 Å². The molecule has 0 fully saturated rings. The standard InChI is InChI=1S/C9H7F2NO3/c10-9(11)15-8-3-1-2-7(6-8)4-5-12(13)14/h1-6,9H/b5-4+. The molecule has 0 N–H and O–H groups in total. The third-order valence-corrected chi connectivity index (χ3v) is 1.47. The highest BCUT2D eigenvalue weighted by Crippen LogP contribution is 2.16. The fraction of sp³-hybridized carbons (Fsp3) is 0.111. The Morgan fingerprint density at radius 3 is 2.80 bits per heavy atom. The number of ether oxygens (including phenoxy) is 1. The summed E-state index contributed by atoms with van der Waals surface area (Å²) in [4.78, 5) is 9.36. The molecule has 0 saturated carbocycles. The molecule has 80 valence electrons. The van der Waals surface area contributed by atoms with Gasteiger partial charge in [0.15, 0.2) is 0 Å². The van der Waals surface area contributed by atoms with Crippen molar-refractivity contribution in [2.45, 2.75) is 6.61 Å². The zero-order chi connectivity index (χ0) is 11.3. The van der Waals surface area contributed by atoms with E-state index in [-0.39, 0.29) is 5.75 Å². The monoisotopic (exact) mass is 215 g/mol. The minimum atomic E-state index is -2.90. The first-order chi connectivity index (χ1) is 7.08. The Kier molecular flexibility index (Phi) is 3.73. The number of nitrogens with zero attached hydrogens (tertiary/aromatic N) is 1. The number of halogens is 2. The molecule has 1 aromatic carbocycles. The molecule has 1 rings (SSSR count). The summed E-state index contributed by atoms with van der Waals surface area (Å²) in [6.45, 7) is -2.90. The number of nitro groups is 1. The van der Waals surface area contributed by atoms with Crippen molar-refractivity contribution < 1.29 is 18.4 Å². The minimum absolute atomic E-state index is 0.0319. The van der Waals surface area contributed by atoms with Crippen molar-refractivity contribution in [3.63, 3.8) is 0 Å². The molecule has 0 unspecified atom stereocenters. The molecule has 0 atom stereocenters. The molecule has 0 heterocycles. The van der Waals surface area contributed by atoms with E-state index in [0.29, 0.717) is 5.56 Å². The molecule has 0 aromatic heterocycles. The third kappa shape index (κ3) is 4.17. The van der Waals surface area contributed by atoms with Crippen molar-refractivity contribution in [3.05, 3.63) is 46.1 Å². The maximum absolute atomic E-state index is 11.8. The Bertz CT molecular complexity index is 379. The number of benzene rings is 1. The van der Waals surface area contributed by atoms with Crippen molar-refractivity contribution >= 4 is 6.08 Å². The molecule has 1 aromatic rings. The fourth-order valence-electron chi connectivity index (χ4n) is 0.941. The maximum Gasteiger partial charge on any atom is 0.387 e. The van der Waals surface area contributed by atoms with Gasteiger partial charge >= 0.3 is 6.61 Å². The molecule has 0 bridgehead atoms. The van der Waals surface area contributed by atoms with Gasteiger partial charge < -0.3 is 4.74 Å². The smallest absolute Gasteiger partial charge is 0.387 e. The topological polar surface area (TPSA) is 52.4 Å². The lowest BCUT2D eigenvalue weighted by Crippen LogP contribution is -2.01. The van der Waals surface area contributed by atoms with E-state index in [1.807, 2.05) is 0 Å². The molecule has 0 aliphatic heterocycles. The lowest BCUT2D eigenvalue weighted by Gasteiger charge is -2.03. The Balaban J connectivity index is 2.78. The molecule has 6 heteroatoms. The number of hydrogen-bond acceptors (Lipinski definition) is 3. The highest BCUT2D eigenvalue weighted by Gasteiger charge is 2.03. The first-order valence-electron chi connectivity index (χ1n) is 3.94. The van der Waals surface area contributed by atoms with Gasteiger partial charge in [0.1, 0.15) is 5.75 Å². The van der Waals surface area contributed by atoms with Crippen LogP contribution < -0.4 is 4.74 Å². The largest absolute Gasteiger partial charge is 0.435 e. The molecule has 0 aliphatic carbocycles. The van der Waals surface area contributed by atoms with Crippen LogP contribution in [0.4, 0.5) is 8.78 Å². The highest BCUT2D eigenvalue weighted by atomic mass is 19.3.